The number of para-hydroxylation sites is 2. The molecular formula is C14H21N3O2. The Bertz CT molecular complexity index is 436. The van der Waals surface area contributed by atoms with Crippen molar-refractivity contribution in [2.75, 3.05) is 37.8 Å². The minimum atomic E-state index is -0.0327. The van der Waals surface area contributed by atoms with Crippen LogP contribution in [0.3, 0.4) is 0 Å². The molecule has 0 radical (unpaired) electrons. The molecule has 1 heterocycles. The number of methoxy groups -OCH3 is 1. The maximum absolute atomic E-state index is 12.0. The Morgan fingerprint density at radius 1 is 1.53 bits per heavy atom. The number of nitrogens with zero attached hydrogens (tertiary/aromatic N) is 1. The van der Waals surface area contributed by atoms with Crippen molar-refractivity contribution in [3.8, 4) is 0 Å². The highest BCUT2D eigenvalue weighted by atomic mass is 16.5. The van der Waals surface area contributed by atoms with Crippen molar-refractivity contribution >= 4 is 17.3 Å². The van der Waals surface area contributed by atoms with Gasteiger partial charge in [0, 0.05) is 13.7 Å². The molecule has 1 aromatic rings. The standard InChI is InChI=1S/C14H21N3O2/c1-19-11-5-4-8-17(9-11)10-14(18)16-13-7-3-2-6-12(13)15/h2-3,6-7,11H,4-5,8-10,15H2,1H3,(H,16,18). The molecule has 1 amide bonds. The number of carbonyl (C=O) groups is 1. The third kappa shape index (κ3) is 3.94. The number of nitrogens with two attached hydrogens (primary N) is 1. The summed E-state index contributed by atoms with van der Waals surface area (Å²) in [5, 5.41) is 2.84. The number of piperidine rings is 1. The lowest BCUT2D eigenvalue weighted by Gasteiger charge is -2.31. The third-order valence-electron chi connectivity index (χ3n) is 3.40. The second-order valence-corrected chi connectivity index (χ2v) is 4.87. The van der Waals surface area contributed by atoms with E-state index in [0.29, 0.717) is 17.9 Å². The van der Waals surface area contributed by atoms with E-state index in [1.165, 1.54) is 0 Å². The van der Waals surface area contributed by atoms with Gasteiger partial charge >= 0.3 is 0 Å². The molecule has 1 aromatic carbocycles. The van der Waals surface area contributed by atoms with Gasteiger partial charge in [0.2, 0.25) is 5.91 Å². The molecule has 1 aliphatic heterocycles. The van der Waals surface area contributed by atoms with Crippen LogP contribution in [0.1, 0.15) is 12.8 Å². The van der Waals surface area contributed by atoms with Crippen LogP contribution in [0.4, 0.5) is 11.4 Å². The first-order valence-electron chi connectivity index (χ1n) is 6.58. The molecule has 1 saturated heterocycles. The summed E-state index contributed by atoms with van der Waals surface area (Å²) in [6.45, 7) is 2.14. The summed E-state index contributed by atoms with van der Waals surface area (Å²) >= 11 is 0. The summed E-state index contributed by atoms with van der Waals surface area (Å²) in [7, 11) is 1.72. The molecular weight excluding hydrogens is 242 g/mol. The van der Waals surface area contributed by atoms with E-state index in [9.17, 15) is 4.79 Å². The molecule has 5 heteroatoms. The van der Waals surface area contributed by atoms with Gasteiger partial charge in [0.15, 0.2) is 0 Å². The number of likely N-dealkylation sites (tertiary alicyclic amines) is 1. The molecule has 3 N–H and O–H groups in total. The van der Waals surface area contributed by atoms with Gasteiger partial charge in [-0.05, 0) is 31.5 Å². The average Bonchev–Trinajstić information content (AvgIpc) is 2.41. The van der Waals surface area contributed by atoms with Crippen LogP contribution < -0.4 is 11.1 Å². The number of nitrogens with one attached hydrogen (secondary N) is 1. The minimum Gasteiger partial charge on any atom is -0.397 e. The fourth-order valence-electron chi connectivity index (χ4n) is 2.35. The maximum atomic E-state index is 12.0. The molecule has 1 aliphatic rings. The second-order valence-electron chi connectivity index (χ2n) is 4.87. The summed E-state index contributed by atoms with van der Waals surface area (Å²) in [5.41, 5.74) is 7.06. The summed E-state index contributed by atoms with van der Waals surface area (Å²) in [6.07, 6.45) is 2.38. The molecule has 5 nitrogen and oxygen atoms in total. The van der Waals surface area contributed by atoms with Crippen molar-refractivity contribution < 1.29 is 9.53 Å². The van der Waals surface area contributed by atoms with Crippen LogP contribution in [0.15, 0.2) is 24.3 Å². The molecule has 0 saturated carbocycles. The Labute approximate surface area is 113 Å². The minimum absolute atomic E-state index is 0.0327. The van der Waals surface area contributed by atoms with Gasteiger partial charge < -0.3 is 15.8 Å². The summed E-state index contributed by atoms with van der Waals surface area (Å²) < 4.78 is 5.35. The highest BCUT2D eigenvalue weighted by Crippen LogP contribution is 2.17. The van der Waals surface area contributed by atoms with Gasteiger partial charge in [-0.15, -0.1) is 0 Å². The summed E-state index contributed by atoms with van der Waals surface area (Å²) in [5.74, 6) is -0.0327. The molecule has 1 fully saturated rings. The van der Waals surface area contributed by atoms with Crippen molar-refractivity contribution in [1.29, 1.82) is 0 Å². The number of hydrogen-bond acceptors (Lipinski definition) is 4. The zero-order chi connectivity index (χ0) is 13.7. The van der Waals surface area contributed by atoms with Gasteiger partial charge in [0.05, 0.1) is 24.0 Å². The zero-order valence-corrected chi connectivity index (χ0v) is 11.3. The molecule has 1 atom stereocenters. The van der Waals surface area contributed by atoms with E-state index in [2.05, 4.69) is 10.2 Å². The van der Waals surface area contributed by atoms with Crippen LogP contribution in [0.2, 0.25) is 0 Å². The fourth-order valence-corrected chi connectivity index (χ4v) is 2.35. The molecule has 19 heavy (non-hydrogen) atoms. The van der Waals surface area contributed by atoms with Crippen LogP contribution in [0.25, 0.3) is 0 Å². The van der Waals surface area contributed by atoms with Crippen LogP contribution in [0, 0.1) is 0 Å². The molecule has 0 aliphatic carbocycles. The van der Waals surface area contributed by atoms with Gasteiger partial charge in [-0.2, -0.15) is 0 Å². The van der Waals surface area contributed by atoms with Gasteiger partial charge in [0.1, 0.15) is 0 Å². The SMILES string of the molecule is COC1CCCN(CC(=O)Nc2ccccc2N)C1. The van der Waals surface area contributed by atoms with E-state index >= 15 is 0 Å². The summed E-state index contributed by atoms with van der Waals surface area (Å²) in [6, 6.07) is 7.28. The van der Waals surface area contributed by atoms with Crippen molar-refractivity contribution in [1.82, 2.24) is 4.90 Å². The Kier molecular flexibility index (Phi) is 4.76. The molecule has 2 rings (SSSR count). The molecule has 0 bridgehead atoms. The van der Waals surface area contributed by atoms with Crippen LogP contribution in [-0.2, 0) is 9.53 Å². The topological polar surface area (TPSA) is 67.6 Å². The monoisotopic (exact) mass is 263 g/mol. The molecule has 104 valence electrons. The number of rotatable bonds is 4. The predicted octanol–water partition coefficient (Wildman–Crippen LogP) is 1.32. The Morgan fingerprint density at radius 2 is 2.32 bits per heavy atom. The Morgan fingerprint density at radius 3 is 3.05 bits per heavy atom. The Balaban J connectivity index is 1.86. The lowest BCUT2D eigenvalue weighted by Crippen LogP contribution is -2.43. The van der Waals surface area contributed by atoms with Crippen molar-refractivity contribution in [2.24, 2.45) is 0 Å². The quantitative estimate of drug-likeness (QED) is 0.804. The van der Waals surface area contributed by atoms with Gasteiger partial charge in [-0.25, -0.2) is 0 Å². The van der Waals surface area contributed by atoms with Crippen LogP contribution >= 0.6 is 0 Å². The lowest BCUT2D eigenvalue weighted by atomic mass is 10.1. The van der Waals surface area contributed by atoms with E-state index in [4.69, 9.17) is 10.5 Å². The van der Waals surface area contributed by atoms with E-state index in [0.717, 1.165) is 25.9 Å². The smallest absolute Gasteiger partial charge is 0.238 e. The van der Waals surface area contributed by atoms with Gasteiger partial charge in [0.25, 0.3) is 0 Å². The van der Waals surface area contributed by atoms with Crippen LogP contribution in [-0.4, -0.2) is 43.7 Å². The normalized spacial score (nSPS) is 20.2. The highest BCUT2D eigenvalue weighted by Gasteiger charge is 2.21. The first-order chi connectivity index (χ1) is 9.19. The number of amides is 1. The number of nitrogen functional groups attached to an aromatic ring is 1. The third-order valence-corrected chi connectivity index (χ3v) is 3.40. The molecule has 0 aromatic heterocycles. The van der Waals surface area contributed by atoms with Crippen LogP contribution in [0.5, 0.6) is 0 Å². The summed E-state index contributed by atoms with van der Waals surface area (Å²) in [4.78, 5) is 14.1. The van der Waals surface area contributed by atoms with Crippen molar-refractivity contribution in [3.05, 3.63) is 24.3 Å². The van der Waals surface area contributed by atoms with Gasteiger partial charge in [-0.3, -0.25) is 9.69 Å². The predicted molar refractivity (Wildman–Crippen MR) is 76.0 cm³/mol. The van der Waals surface area contributed by atoms with E-state index in [-0.39, 0.29) is 12.0 Å². The number of hydrogen-bond donors (Lipinski definition) is 2. The van der Waals surface area contributed by atoms with E-state index in [1.807, 2.05) is 12.1 Å². The van der Waals surface area contributed by atoms with E-state index in [1.54, 1.807) is 19.2 Å². The largest absolute Gasteiger partial charge is 0.397 e. The van der Waals surface area contributed by atoms with Gasteiger partial charge in [-0.1, -0.05) is 12.1 Å². The van der Waals surface area contributed by atoms with Crippen molar-refractivity contribution in [3.63, 3.8) is 0 Å². The van der Waals surface area contributed by atoms with E-state index < -0.39 is 0 Å². The zero-order valence-electron chi connectivity index (χ0n) is 11.3. The Hall–Kier alpha value is -1.59. The van der Waals surface area contributed by atoms with Crippen molar-refractivity contribution in [2.45, 2.75) is 18.9 Å². The molecule has 1 unspecified atom stereocenters. The lowest BCUT2D eigenvalue weighted by molar-refractivity contribution is -0.118. The second kappa shape index (κ2) is 6.54. The highest BCUT2D eigenvalue weighted by molar-refractivity contribution is 5.95. The number of benzene rings is 1. The number of carbonyl (C=O) groups excluding carboxylic acids is 1. The first-order valence-corrected chi connectivity index (χ1v) is 6.58. The maximum Gasteiger partial charge on any atom is 0.238 e. The number of anilines is 2. The first kappa shape index (κ1) is 13.8. The number of ether oxygens (including phenoxy) is 1. The molecule has 0 spiro atoms. The fraction of sp³-hybridized carbons (Fsp3) is 0.500. The average molecular weight is 263 g/mol.